The number of aryl methyl sites for hydroxylation is 1. The normalized spacial score (nSPS) is 18.7. The molecule has 3 aliphatic rings. The number of nitrogens with zero attached hydrogens (tertiary/aromatic N) is 1. The van der Waals surface area contributed by atoms with Crippen LogP contribution in [0.2, 0.25) is 0 Å². The molecule has 0 aliphatic carbocycles. The van der Waals surface area contributed by atoms with Crippen molar-refractivity contribution in [2.45, 2.75) is 63.2 Å². The van der Waals surface area contributed by atoms with Crippen molar-refractivity contribution in [3.8, 4) is 51.7 Å². The van der Waals surface area contributed by atoms with Crippen molar-refractivity contribution < 1.29 is 39.1 Å². The van der Waals surface area contributed by atoms with Gasteiger partial charge in [0.15, 0.2) is 17.3 Å². The number of anilines is 1. The molecule has 8 rings (SSSR count). The summed E-state index contributed by atoms with van der Waals surface area (Å²) in [5.74, 6) is 8.61. The number of carbonyl (C=O) groups excluding carboxylic acids is 1. The molecular weight excluding hydrogens is 771 g/mol. The minimum absolute atomic E-state index is 0.00283. The lowest BCUT2D eigenvalue weighted by Crippen LogP contribution is -2.50. The van der Waals surface area contributed by atoms with Crippen LogP contribution in [0.5, 0.6) is 28.7 Å². The van der Waals surface area contributed by atoms with Gasteiger partial charge in [-0.3, -0.25) is 4.79 Å². The number of fused-ring (bicyclic) bond motifs is 8. The number of H-pyrrole nitrogens is 1. The fourth-order valence-electron chi connectivity index (χ4n) is 8.31. The number of carbonyl (C=O) groups is 1. The van der Waals surface area contributed by atoms with E-state index in [0.717, 1.165) is 58.8 Å². The van der Waals surface area contributed by atoms with Gasteiger partial charge in [-0.1, -0.05) is 97.6 Å². The van der Waals surface area contributed by atoms with Gasteiger partial charge in [-0.25, -0.2) is 0 Å². The third-order valence-corrected chi connectivity index (χ3v) is 11.4. The fraction of sp³-hybridized carbons (Fsp3) is 0.340. The van der Waals surface area contributed by atoms with Crippen LogP contribution in [-0.4, -0.2) is 84.8 Å². The number of phenols is 1. The van der Waals surface area contributed by atoms with Crippen LogP contribution < -0.4 is 29.2 Å². The average Bonchev–Trinajstić information content (AvgIpc) is 3.73. The number of aromatic amines is 1. The monoisotopic (exact) mass is 823 g/mol. The van der Waals surface area contributed by atoms with E-state index in [1.165, 1.54) is 7.11 Å². The Bertz CT molecular complexity index is 2420. The highest BCUT2D eigenvalue weighted by Gasteiger charge is 2.40. The minimum Gasteiger partial charge on any atom is -0.508 e. The maximum Gasteiger partial charge on any atom is 0.204 e. The number of nitrogens with one attached hydrogen (secondary N) is 2. The second-order valence-corrected chi connectivity index (χ2v) is 15.6. The molecule has 5 aromatic rings. The van der Waals surface area contributed by atoms with E-state index in [2.05, 4.69) is 64.3 Å². The molecule has 1 saturated heterocycles. The molecule has 1 fully saturated rings. The first kappa shape index (κ1) is 41.5. The van der Waals surface area contributed by atoms with Crippen molar-refractivity contribution in [2.75, 3.05) is 51.5 Å². The molecule has 0 radical (unpaired) electrons. The zero-order chi connectivity index (χ0) is 42.3. The number of piperazine rings is 1. The molecule has 4 bridgehead atoms. The van der Waals surface area contributed by atoms with E-state index in [1.807, 2.05) is 36.4 Å². The predicted octanol–water partition coefficient (Wildman–Crippen LogP) is 7.39. The van der Waals surface area contributed by atoms with Crippen LogP contribution >= 0.6 is 0 Å². The van der Waals surface area contributed by atoms with Crippen molar-refractivity contribution in [3.63, 3.8) is 0 Å². The molecule has 5 N–H and O–H groups in total. The van der Waals surface area contributed by atoms with Crippen molar-refractivity contribution >= 4 is 17.7 Å². The smallest absolute Gasteiger partial charge is 0.204 e. The van der Waals surface area contributed by atoms with Crippen LogP contribution in [-0.2, 0) is 12.8 Å². The van der Waals surface area contributed by atoms with Crippen molar-refractivity contribution in [1.82, 2.24) is 10.3 Å². The van der Waals surface area contributed by atoms with E-state index in [1.54, 1.807) is 30.3 Å². The summed E-state index contributed by atoms with van der Waals surface area (Å²) in [5, 5.41) is 34.5. The third-order valence-electron chi connectivity index (χ3n) is 11.4. The maximum atomic E-state index is 14.7. The molecule has 3 aliphatic heterocycles. The Morgan fingerprint density at radius 2 is 1.79 bits per heavy atom. The van der Waals surface area contributed by atoms with E-state index >= 15 is 0 Å². The highest BCUT2D eigenvalue weighted by molar-refractivity contribution is 6.05. The Balaban J connectivity index is 1.27. The molecule has 0 spiro atoms. The summed E-state index contributed by atoms with van der Waals surface area (Å²) in [5.41, 5.74) is 6.88. The van der Waals surface area contributed by atoms with Gasteiger partial charge in [0, 0.05) is 50.3 Å². The zero-order valence-electron chi connectivity index (χ0n) is 34.7. The predicted molar refractivity (Wildman–Crippen MR) is 236 cm³/mol. The Labute approximate surface area is 356 Å². The molecule has 4 aromatic carbocycles. The zero-order valence-corrected chi connectivity index (χ0v) is 34.7. The highest BCUT2D eigenvalue weighted by atomic mass is 16.5. The summed E-state index contributed by atoms with van der Waals surface area (Å²) in [6, 6.07) is 27.0. The van der Waals surface area contributed by atoms with Crippen LogP contribution in [0.1, 0.15) is 76.5 Å². The number of benzene rings is 4. The summed E-state index contributed by atoms with van der Waals surface area (Å²) < 4.78 is 26.2. The number of ketones is 1. The molecule has 4 atom stereocenters. The number of aromatic nitrogens is 1. The number of methoxy groups -OCH3 is 1. The Hall–Kier alpha value is -6.19. The van der Waals surface area contributed by atoms with E-state index in [-0.39, 0.29) is 73.0 Å². The number of hydrogen-bond acceptors (Lipinski definition) is 10. The summed E-state index contributed by atoms with van der Waals surface area (Å²) in [4.78, 5) is 20.7. The second-order valence-electron chi connectivity index (χ2n) is 15.6. The van der Waals surface area contributed by atoms with Crippen LogP contribution in [0.15, 0.2) is 91.0 Å². The molecule has 0 amide bonds. The van der Waals surface area contributed by atoms with Crippen molar-refractivity contribution in [3.05, 3.63) is 125 Å². The van der Waals surface area contributed by atoms with Crippen LogP contribution in [0.3, 0.4) is 0 Å². The summed E-state index contributed by atoms with van der Waals surface area (Å²) >= 11 is 0. The van der Waals surface area contributed by atoms with Crippen LogP contribution in [0, 0.1) is 11.8 Å². The second kappa shape index (κ2) is 19.0. The van der Waals surface area contributed by atoms with Crippen molar-refractivity contribution in [1.29, 1.82) is 0 Å². The molecule has 11 heteroatoms. The fourth-order valence-corrected chi connectivity index (χ4v) is 8.31. The lowest BCUT2D eigenvalue weighted by atomic mass is 9.85. The average molecular weight is 824 g/mol. The lowest BCUT2D eigenvalue weighted by Gasteiger charge is -2.34. The third kappa shape index (κ3) is 9.27. The van der Waals surface area contributed by atoms with Gasteiger partial charge in [-0.2, -0.15) is 0 Å². The maximum absolute atomic E-state index is 14.7. The van der Waals surface area contributed by atoms with Crippen molar-refractivity contribution in [2.24, 2.45) is 0 Å². The number of rotatable bonds is 14. The minimum atomic E-state index is -0.824. The highest BCUT2D eigenvalue weighted by Crippen LogP contribution is 2.55. The molecule has 4 heterocycles. The van der Waals surface area contributed by atoms with Gasteiger partial charge in [0.25, 0.3) is 0 Å². The van der Waals surface area contributed by atoms with E-state index in [4.69, 9.17) is 18.9 Å². The van der Waals surface area contributed by atoms with E-state index < -0.39 is 18.1 Å². The standard InChI is InChI=1S/C50H53N3O8/c1-3-37-29-41-35-12-7-11-33(27-35)28-36(14-17-38-31-53(23-22-51-38)50(41)52-37)44-46-45(42(57)30-43(61-46)34-15-19-39(55)20-16-34)48(49(58-2)47(44)59-25-8-24-54)60-26-21-40(56)18-13-32-9-5-4-6-10-32/h4-7,9-13,15-16,18-20,27,29,36,38,40,43,51-52,54-56H,3,8,21-26,28,30-31H2,1-2H3/b18-13+/t36-,38+,40+,43?/m1/s1. The SMILES string of the molecule is CCc1cc2c([nH]1)N1CCN[C@@H](C#C[C@@H](c3c(OCCCO)c(OC)c(OCC[C@@H](O)/C=C/c4ccccc4)c4c3OC(c3ccc(O)cc3)CC4=O)Cc3cccc-2c3)C1. The topological polar surface area (TPSA) is 146 Å². The van der Waals surface area contributed by atoms with Gasteiger partial charge in [0.2, 0.25) is 5.75 Å². The van der Waals surface area contributed by atoms with E-state index in [0.29, 0.717) is 30.7 Å². The van der Waals surface area contributed by atoms with Gasteiger partial charge in [0.05, 0.1) is 50.4 Å². The van der Waals surface area contributed by atoms with Gasteiger partial charge < -0.3 is 49.5 Å². The van der Waals surface area contributed by atoms with Gasteiger partial charge in [0.1, 0.15) is 29.0 Å². The first-order valence-corrected chi connectivity index (χ1v) is 21.2. The van der Waals surface area contributed by atoms with Crippen LogP contribution in [0.4, 0.5) is 5.82 Å². The molecular formula is C50H53N3O8. The van der Waals surface area contributed by atoms with Crippen LogP contribution in [0.25, 0.3) is 17.2 Å². The van der Waals surface area contributed by atoms with Gasteiger partial charge in [-0.15, -0.1) is 0 Å². The Morgan fingerprint density at radius 1 is 0.967 bits per heavy atom. The number of ether oxygens (including phenoxy) is 4. The first-order valence-electron chi connectivity index (χ1n) is 21.2. The number of aliphatic hydroxyl groups is 2. The molecule has 316 valence electrons. The Kier molecular flexibility index (Phi) is 13.0. The molecule has 0 saturated carbocycles. The number of phenolic OH excluding ortho intramolecular Hbond substituents is 1. The lowest BCUT2D eigenvalue weighted by molar-refractivity contribution is 0.0835. The molecule has 11 nitrogen and oxygen atoms in total. The summed E-state index contributed by atoms with van der Waals surface area (Å²) in [6.45, 7) is 4.47. The Morgan fingerprint density at radius 3 is 2.57 bits per heavy atom. The van der Waals surface area contributed by atoms with Gasteiger partial charge >= 0.3 is 0 Å². The summed E-state index contributed by atoms with van der Waals surface area (Å²) in [7, 11) is 1.51. The number of hydrogen-bond donors (Lipinski definition) is 5. The summed E-state index contributed by atoms with van der Waals surface area (Å²) in [6.07, 6.45) is 3.96. The first-order chi connectivity index (χ1) is 29.8. The quantitative estimate of drug-likeness (QED) is 0.0568. The molecule has 61 heavy (non-hydrogen) atoms. The van der Waals surface area contributed by atoms with Gasteiger partial charge in [-0.05, 0) is 53.3 Å². The van der Waals surface area contributed by atoms with E-state index in [9.17, 15) is 20.1 Å². The number of aliphatic hydroxyl groups excluding tert-OH is 2. The largest absolute Gasteiger partial charge is 0.508 e. The number of aromatic hydroxyl groups is 1. The number of Topliss-reactive ketones (excluding diaryl/α,β-unsaturated/α-hetero) is 1. The molecule has 1 unspecified atom stereocenters. The molecule has 1 aromatic heterocycles.